The standard InChI is InChI=1S/C13H19N3O5S/c1-4-16(9(3)8-22(20,21)5-2)12(17)10-6-15-11(7-14-10)13(18)19/h6-7,9H,4-5,8H2,1-3H3,(H,18,19). The van der Waals surface area contributed by atoms with Crippen LogP contribution in [-0.2, 0) is 9.84 Å². The van der Waals surface area contributed by atoms with Gasteiger partial charge in [-0.3, -0.25) is 4.79 Å². The summed E-state index contributed by atoms with van der Waals surface area (Å²) in [6.07, 6.45) is 2.08. The summed E-state index contributed by atoms with van der Waals surface area (Å²) in [4.78, 5) is 31.9. The summed E-state index contributed by atoms with van der Waals surface area (Å²) in [7, 11) is -3.22. The lowest BCUT2D eigenvalue weighted by atomic mass is 10.2. The number of nitrogens with zero attached hydrogens (tertiary/aromatic N) is 3. The van der Waals surface area contributed by atoms with E-state index in [4.69, 9.17) is 5.11 Å². The van der Waals surface area contributed by atoms with Crippen molar-refractivity contribution in [1.82, 2.24) is 14.9 Å². The lowest BCUT2D eigenvalue weighted by Gasteiger charge is -2.27. The van der Waals surface area contributed by atoms with Gasteiger partial charge in [0.25, 0.3) is 5.91 Å². The van der Waals surface area contributed by atoms with Gasteiger partial charge in [0, 0.05) is 18.3 Å². The molecule has 0 aliphatic heterocycles. The van der Waals surface area contributed by atoms with Gasteiger partial charge in [-0.1, -0.05) is 6.92 Å². The minimum absolute atomic E-state index is 0.0101. The molecule has 0 aliphatic carbocycles. The van der Waals surface area contributed by atoms with Crippen molar-refractivity contribution in [3.05, 3.63) is 23.8 Å². The first-order valence-electron chi connectivity index (χ1n) is 6.78. The minimum atomic E-state index is -3.22. The number of carboxylic acids is 1. The second-order valence-corrected chi connectivity index (χ2v) is 7.13. The van der Waals surface area contributed by atoms with Crippen LogP contribution in [0.1, 0.15) is 41.7 Å². The summed E-state index contributed by atoms with van der Waals surface area (Å²) in [5.41, 5.74) is -0.284. The molecule has 1 N–H and O–H groups in total. The normalized spacial score (nSPS) is 12.7. The number of carboxylic acid groups (broad SMARTS) is 1. The van der Waals surface area contributed by atoms with E-state index in [2.05, 4.69) is 9.97 Å². The molecule has 1 rings (SSSR count). The van der Waals surface area contributed by atoms with Crippen molar-refractivity contribution in [2.75, 3.05) is 18.1 Å². The number of rotatable bonds is 7. The Morgan fingerprint density at radius 2 is 1.77 bits per heavy atom. The molecule has 22 heavy (non-hydrogen) atoms. The van der Waals surface area contributed by atoms with E-state index in [1.54, 1.807) is 20.8 Å². The van der Waals surface area contributed by atoms with Gasteiger partial charge in [0.15, 0.2) is 15.5 Å². The van der Waals surface area contributed by atoms with Crippen LogP contribution in [-0.4, -0.2) is 64.4 Å². The van der Waals surface area contributed by atoms with Gasteiger partial charge in [0.1, 0.15) is 5.69 Å². The Labute approximate surface area is 129 Å². The first-order chi connectivity index (χ1) is 10.2. The molecule has 1 aromatic heterocycles. The lowest BCUT2D eigenvalue weighted by molar-refractivity contribution is 0.0680. The van der Waals surface area contributed by atoms with E-state index < -0.39 is 27.8 Å². The number of hydrogen-bond donors (Lipinski definition) is 1. The quantitative estimate of drug-likeness (QED) is 0.772. The molecular weight excluding hydrogens is 310 g/mol. The second kappa shape index (κ2) is 7.30. The summed E-state index contributed by atoms with van der Waals surface area (Å²) in [6, 6.07) is -0.511. The van der Waals surface area contributed by atoms with E-state index >= 15 is 0 Å². The Hall–Kier alpha value is -2.03. The maximum atomic E-state index is 12.4. The highest BCUT2D eigenvalue weighted by Crippen LogP contribution is 2.09. The Bertz CT molecular complexity index is 642. The molecule has 8 nitrogen and oxygen atoms in total. The van der Waals surface area contributed by atoms with Crippen LogP contribution < -0.4 is 0 Å². The topological polar surface area (TPSA) is 118 Å². The first-order valence-corrected chi connectivity index (χ1v) is 8.60. The first kappa shape index (κ1) is 18.0. The van der Waals surface area contributed by atoms with Crippen LogP contribution in [0, 0.1) is 0 Å². The smallest absolute Gasteiger partial charge is 0.356 e. The fourth-order valence-electron chi connectivity index (χ4n) is 1.93. The van der Waals surface area contributed by atoms with Gasteiger partial charge in [0.05, 0.1) is 18.1 Å². The summed E-state index contributed by atoms with van der Waals surface area (Å²) < 4.78 is 23.4. The van der Waals surface area contributed by atoms with E-state index in [0.29, 0.717) is 6.54 Å². The average molecular weight is 329 g/mol. The summed E-state index contributed by atoms with van der Waals surface area (Å²) in [5.74, 6) is -1.84. The second-order valence-electron chi connectivity index (χ2n) is 4.73. The zero-order chi connectivity index (χ0) is 16.9. The van der Waals surface area contributed by atoms with Crippen LogP contribution >= 0.6 is 0 Å². The molecule has 0 aromatic carbocycles. The van der Waals surface area contributed by atoms with Gasteiger partial charge in [-0.05, 0) is 13.8 Å². The van der Waals surface area contributed by atoms with E-state index in [1.165, 1.54) is 4.90 Å². The SMILES string of the molecule is CCN(C(=O)c1cnc(C(=O)O)cn1)C(C)CS(=O)(=O)CC. The summed E-state index contributed by atoms with van der Waals surface area (Å²) in [5, 5.41) is 8.75. The van der Waals surface area contributed by atoms with Gasteiger partial charge in [-0.2, -0.15) is 0 Å². The molecule has 1 atom stereocenters. The van der Waals surface area contributed by atoms with E-state index in [1.807, 2.05) is 0 Å². The van der Waals surface area contributed by atoms with Crippen molar-refractivity contribution in [2.24, 2.45) is 0 Å². The maximum Gasteiger partial charge on any atom is 0.356 e. The molecule has 1 amide bonds. The van der Waals surface area contributed by atoms with Crippen LogP contribution in [0.2, 0.25) is 0 Å². The van der Waals surface area contributed by atoms with Crippen LogP contribution in [0.15, 0.2) is 12.4 Å². The highest BCUT2D eigenvalue weighted by molar-refractivity contribution is 7.91. The molecule has 122 valence electrons. The van der Waals surface area contributed by atoms with E-state index in [9.17, 15) is 18.0 Å². The molecule has 0 radical (unpaired) electrons. The van der Waals surface area contributed by atoms with E-state index in [0.717, 1.165) is 12.4 Å². The third kappa shape index (κ3) is 4.48. The molecule has 0 saturated carbocycles. The monoisotopic (exact) mass is 329 g/mol. The summed E-state index contributed by atoms with van der Waals surface area (Å²) >= 11 is 0. The highest BCUT2D eigenvalue weighted by atomic mass is 32.2. The number of hydrogen-bond acceptors (Lipinski definition) is 6. The molecule has 9 heteroatoms. The Morgan fingerprint density at radius 3 is 2.18 bits per heavy atom. The molecule has 1 unspecified atom stereocenters. The number of carbonyl (C=O) groups is 2. The lowest BCUT2D eigenvalue weighted by Crippen LogP contribution is -2.42. The highest BCUT2D eigenvalue weighted by Gasteiger charge is 2.25. The van der Waals surface area contributed by atoms with E-state index in [-0.39, 0.29) is 22.9 Å². The van der Waals surface area contributed by atoms with Crippen LogP contribution in [0.5, 0.6) is 0 Å². The third-order valence-electron chi connectivity index (χ3n) is 3.16. The molecule has 0 saturated heterocycles. The maximum absolute atomic E-state index is 12.4. The number of amides is 1. The Balaban J connectivity index is 2.94. The van der Waals surface area contributed by atoms with Crippen LogP contribution in [0.25, 0.3) is 0 Å². The van der Waals surface area contributed by atoms with Crippen molar-refractivity contribution in [1.29, 1.82) is 0 Å². The Morgan fingerprint density at radius 1 is 1.23 bits per heavy atom. The zero-order valence-corrected chi connectivity index (χ0v) is 13.5. The van der Waals surface area contributed by atoms with Crippen LogP contribution in [0.3, 0.4) is 0 Å². The number of carbonyl (C=O) groups excluding carboxylic acids is 1. The molecule has 1 aromatic rings. The van der Waals surface area contributed by atoms with Gasteiger partial charge in [0.2, 0.25) is 0 Å². The predicted octanol–water partition coefficient (Wildman–Crippen LogP) is 0.460. The molecule has 0 spiro atoms. The van der Waals surface area contributed by atoms with Crippen molar-refractivity contribution in [2.45, 2.75) is 26.8 Å². The van der Waals surface area contributed by atoms with Crippen LogP contribution in [0.4, 0.5) is 0 Å². The Kier molecular flexibility index (Phi) is 5.98. The third-order valence-corrected chi connectivity index (χ3v) is 5.03. The number of aromatic carboxylic acids is 1. The largest absolute Gasteiger partial charge is 0.476 e. The summed E-state index contributed by atoms with van der Waals surface area (Å²) in [6.45, 7) is 5.23. The molecule has 1 heterocycles. The molecular formula is C13H19N3O5S. The van der Waals surface area contributed by atoms with Crippen molar-refractivity contribution >= 4 is 21.7 Å². The minimum Gasteiger partial charge on any atom is -0.476 e. The van der Waals surface area contributed by atoms with Gasteiger partial charge in [-0.15, -0.1) is 0 Å². The predicted molar refractivity (Wildman–Crippen MR) is 79.5 cm³/mol. The van der Waals surface area contributed by atoms with Crippen molar-refractivity contribution in [3.8, 4) is 0 Å². The fourth-order valence-corrected chi connectivity index (χ4v) is 3.08. The number of sulfone groups is 1. The van der Waals surface area contributed by atoms with Crippen molar-refractivity contribution < 1.29 is 23.1 Å². The van der Waals surface area contributed by atoms with Crippen molar-refractivity contribution in [3.63, 3.8) is 0 Å². The molecule has 0 bridgehead atoms. The molecule has 0 fully saturated rings. The zero-order valence-electron chi connectivity index (χ0n) is 12.7. The fraction of sp³-hybridized carbons (Fsp3) is 0.538. The number of aromatic nitrogens is 2. The average Bonchev–Trinajstić information content (AvgIpc) is 2.47. The van der Waals surface area contributed by atoms with Gasteiger partial charge in [-0.25, -0.2) is 23.2 Å². The van der Waals surface area contributed by atoms with Gasteiger partial charge < -0.3 is 10.0 Å². The van der Waals surface area contributed by atoms with Gasteiger partial charge >= 0.3 is 5.97 Å². The molecule has 0 aliphatic rings.